The van der Waals surface area contributed by atoms with Gasteiger partial charge < -0.3 is 0 Å². The molecule has 0 radical (unpaired) electrons. The second-order valence-electron chi connectivity index (χ2n) is 0. The molecule has 0 aromatic rings. The molecule has 0 fully saturated rings. The molecular weight excluding hydrogens is 174 g/mol. The average Bonchev–Trinajstić information content (AvgIpc) is 0. The first-order valence-electron chi connectivity index (χ1n) is 0. The molecule has 0 saturated heterocycles. The molecule has 0 aliphatic carbocycles. The van der Waals surface area contributed by atoms with E-state index >= 15 is 0 Å². The number of hydrogen-bond donors (Lipinski definition) is 0. The fourth-order valence-electron chi connectivity index (χ4n) is 0. The normalized spacial score (nSPS) is 0. The molecule has 1 unspecified atom stereocenters. The monoisotopic (exact) mass is 184 g/mol. The van der Waals surface area contributed by atoms with Gasteiger partial charge in [0.05, 0.1) is 0 Å². The Labute approximate surface area is 86.1 Å². The standard InChI is InChI=1S/Ca.Mg.H3P.H2Se.4H/h;;1H3;1H2;;;;. The Hall–Kier alpha value is 2.98. The zero-order chi connectivity index (χ0) is 0. The molecule has 0 bridgehead atoms. The van der Waals surface area contributed by atoms with E-state index in [1.807, 2.05) is 0 Å². The molecule has 0 spiro atoms. The van der Waals surface area contributed by atoms with Gasteiger partial charge >= 0.3 is 77.9 Å². The molecule has 0 heterocycles. The Kier molecular flexibility index (Phi) is 118. The Morgan fingerprint density at radius 2 is 1.00 bits per heavy atom. The quantitative estimate of drug-likeness (QED) is 0.283. The van der Waals surface area contributed by atoms with Crippen molar-refractivity contribution in [2.24, 2.45) is 0 Å². The van der Waals surface area contributed by atoms with Crippen LogP contribution in [-0.4, -0.2) is 77.9 Å². The van der Waals surface area contributed by atoms with Crippen molar-refractivity contribution in [2.75, 3.05) is 0 Å². The third-order valence-electron chi connectivity index (χ3n) is 0. The van der Waals surface area contributed by atoms with Gasteiger partial charge in [-0.2, -0.15) is 9.90 Å². The second kappa shape index (κ2) is 16.7. The third kappa shape index (κ3) is 8.88. The second-order valence-corrected chi connectivity index (χ2v) is 0. The summed E-state index contributed by atoms with van der Waals surface area (Å²) < 4.78 is 0. The van der Waals surface area contributed by atoms with Crippen molar-refractivity contribution < 1.29 is 0 Å². The van der Waals surface area contributed by atoms with Gasteiger partial charge in [-0.15, -0.1) is 0 Å². The molecule has 4 heteroatoms. The predicted molar refractivity (Wildman–Crippen MR) is 36.7 cm³/mol. The number of hydrogen-bond acceptors (Lipinski definition) is 0. The van der Waals surface area contributed by atoms with E-state index in [0.29, 0.717) is 0 Å². The van der Waals surface area contributed by atoms with Crippen molar-refractivity contribution >= 4 is 87.8 Å². The van der Waals surface area contributed by atoms with Gasteiger partial charge in [0.15, 0.2) is 0 Å². The van der Waals surface area contributed by atoms with E-state index in [2.05, 4.69) is 0 Å². The summed E-state index contributed by atoms with van der Waals surface area (Å²) in [5, 5.41) is 0. The zero-order valence-corrected chi connectivity index (χ0v) is 4.72. The van der Waals surface area contributed by atoms with Crippen LogP contribution in [-0.2, 0) is 0 Å². The van der Waals surface area contributed by atoms with Crippen LogP contribution in [0.4, 0.5) is 0 Å². The average molecular weight is 183 g/mol. The van der Waals surface area contributed by atoms with Crippen molar-refractivity contribution in [2.45, 2.75) is 0 Å². The van der Waals surface area contributed by atoms with E-state index in [4.69, 9.17) is 0 Å². The molecule has 0 amide bonds. The summed E-state index contributed by atoms with van der Waals surface area (Å²) >= 11 is 0. The molecular formula is H9CaMgPSe. The first kappa shape index (κ1) is 28.1. The van der Waals surface area contributed by atoms with Crippen LogP contribution < -0.4 is 0 Å². The van der Waals surface area contributed by atoms with Crippen molar-refractivity contribution in [3.63, 3.8) is 0 Å². The van der Waals surface area contributed by atoms with Crippen LogP contribution in [0.5, 0.6) is 0 Å². The molecule has 1 atom stereocenters. The fourth-order valence-corrected chi connectivity index (χ4v) is 0. The predicted octanol–water partition coefficient (Wildman–Crippen LogP) is -2.69. The molecule has 0 aromatic heterocycles. The Bertz CT molecular complexity index is 8.00. The Balaban J connectivity index is 0. The molecule has 24 valence electrons. The van der Waals surface area contributed by atoms with Crippen molar-refractivity contribution in [3.8, 4) is 0 Å². The van der Waals surface area contributed by atoms with E-state index in [1.54, 1.807) is 0 Å². The number of rotatable bonds is 0. The van der Waals surface area contributed by atoms with Gasteiger partial charge in [0, 0.05) is 0 Å². The van der Waals surface area contributed by atoms with Gasteiger partial charge in [-0.3, -0.25) is 0 Å². The summed E-state index contributed by atoms with van der Waals surface area (Å²) in [5.41, 5.74) is 0. The summed E-state index contributed by atoms with van der Waals surface area (Å²) in [4.78, 5) is 0. The van der Waals surface area contributed by atoms with Crippen molar-refractivity contribution in [1.29, 1.82) is 0 Å². The van der Waals surface area contributed by atoms with Crippen LogP contribution >= 0.6 is 9.90 Å². The molecule has 0 rings (SSSR count). The molecule has 4 heavy (non-hydrogen) atoms. The van der Waals surface area contributed by atoms with Crippen LogP contribution in [0.3, 0.4) is 0 Å². The molecule has 0 aliphatic heterocycles. The van der Waals surface area contributed by atoms with E-state index in [-0.39, 0.29) is 87.8 Å². The van der Waals surface area contributed by atoms with E-state index in [0.717, 1.165) is 0 Å². The minimum atomic E-state index is 0. The Morgan fingerprint density at radius 3 is 1.00 bits per heavy atom. The molecule has 0 aromatic carbocycles. The topological polar surface area (TPSA) is 0 Å². The molecule has 0 aliphatic rings. The summed E-state index contributed by atoms with van der Waals surface area (Å²) in [6.07, 6.45) is 0. The van der Waals surface area contributed by atoms with Gasteiger partial charge in [0.25, 0.3) is 0 Å². The van der Waals surface area contributed by atoms with Crippen LogP contribution in [0.2, 0.25) is 0 Å². The summed E-state index contributed by atoms with van der Waals surface area (Å²) in [5.74, 6) is 0. The van der Waals surface area contributed by atoms with Crippen LogP contribution in [0.1, 0.15) is 0 Å². The van der Waals surface area contributed by atoms with Gasteiger partial charge in [-0.25, -0.2) is 0 Å². The Morgan fingerprint density at radius 1 is 1.00 bits per heavy atom. The van der Waals surface area contributed by atoms with E-state index in [9.17, 15) is 0 Å². The molecule has 0 N–H and O–H groups in total. The summed E-state index contributed by atoms with van der Waals surface area (Å²) in [6.45, 7) is 0. The first-order valence-corrected chi connectivity index (χ1v) is 0. The third-order valence-corrected chi connectivity index (χ3v) is 0. The SMILES string of the molecule is P.[CaH2].[MgH2].[SeH2]. The summed E-state index contributed by atoms with van der Waals surface area (Å²) in [7, 11) is 0. The van der Waals surface area contributed by atoms with Gasteiger partial charge in [0.1, 0.15) is 0 Å². The molecule has 0 nitrogen and oxygen atoms in total. The van der Waals surface area contributed by atoms with Crippen molar-refractivity contribution in [1.82, 2.24) is 0 Å². The van der Waals surface area contributed by atoms with Crippen LogP contribution in [0.15, 0.2) is 0 Å². The van der Waals surface area contributed by atoms with Crippen molar-refractivity contribution in [3.05, 3.63) is 0 Å². The molecule has 0 saturated carbocycles. The van der Waals surface area contributed by atoms with Gasteiger partial charge in [-0.05, 0) is 0 Å². The summed E-state index contributed by atoms with van der Waals surface area (Å²) in [6, 6.07) is 0. The van der Waals surface area contributed by atoms with Gasteiger partial charge in [-0.1, -0.05) is 0 Å². The fraction of sp³-hybridized carbons (Fsp3) is 0. The van der Waals surface area contributed by atoms with E-state index < -0.39 is 0 Å². The first-order chi connectivity index (χ1) is 0. The zero-order valence-electron chi connectivity index (χ0n) is 1.21. The van der Waals surface area contributed by atoms with E-state index in [1.165, 1.54) is 0 Å². The van der Waals surface area contributed by atoms with Crippen LogP contribution in [0.25, 0.3) is 0 Å². The van der Waals surface area contributed by atoms with Gasteiger partial charge in [0.2, 0.25) is 0 Å². The minimum absolute atomic E-state index is 0. The maximum atomic E-state index is 0. The van der Waals surface area contributed by atoms with Crippen LogP contribution in [0, 0.1) is 0 Å². The maximum absolute atomic E-state index is 0.